The van der Waals surface area contributed by atoms with Crippen molar-refractivity contribution in [3.05, 3.63) is 47.5 Å². The number of alkyl halides is 3. The van der Waals surface area contributed by atoms with Gasteiger partial charge in [0.2, 0.25) is 5.95 Å². The van der Waals surface area contributed by atoms with Crippen molar-refractivity contribution in [1.82, 2.24) is 20.3 Å². The molecule has 0 atom stereocenters. The molecule has 0 spiro atoms. The Hall–Kier alpha value is -2.75. The highest BCUT2D eigenvalue weighted by atomic mass is 19.4. The van der Waals surface area contributed by atoms with Gasteiger partial charge in [-0.3, -0.25) is 9.78 Å². The summed E-state index contributed by atoms with van der Waals surface area (Å²) in [6.45, 7) is 3.68. The van der Waals surface area contributed by atoms with E-state index < -0.39 is 24.1 Å². The van der Waals surface area contributed by atoms with Crippen molar-refractivity contribution in [2.75, 3.05) is 25.0 Å². The van der Waals surface area contributed by atoms with E-state index in [1.54, 1.807) is 31.9 Å². The number of rotatable bonds is 7. The lowest BCUT2D eigenvalue weighted by Crippen LogP contribution is -2.34. The topological polar surface area (TPSA) is 91.2 Å². The second-order valence-corrected chi connectivity index (χ2v) is 6.77. The van der Waals surface area contributed by atoms with Gasteiger partial charge in [-0.2, -0.15) is 13.2 Å². The summed E-state index contributed by atoms with van der Waals surface area (Å²) in [4.78, 5) is 26.0. The van der Waals surface area contributed by atoms with Gasteiger partial charge in [0, 0.05) is 32.5 Å². The number of halogens is 3. The molecule has 0 bridgehead atoms. The number of likely N-dealkylation sites (N-methyl/N-ethyl adjacent to an activating group) is 1. The average Bonchev–Trinajstić information content (AvgIpc) is 2.60. The van der Waals surface area contributed by atoms with E-state index in [0.717, 1.165) is 0 Å². The van der Waals surface area contributed by atoms with Crippen molar-refractivity contribution in [3.8, 4) is 0 Å². The largest absolute Gasteiger partial charge is 0.394 e. The molecular weight excluding hydrogens is 375 g/mol. The molecule has 0 fully saturated rings. The van der Waals surface area contributed by atoms with Crippen LogP contribution in [0.25, 0.3) is 0 Å². The van der Waals surface area contributed by atoms with Gasteiger partial charge in [-0.1, -0.05) is 0 Å². The van der Waals surface area contributed by atoms with E-state index in [-0.39, 0.29) is 17.8 Å². The molecule has 0 aliphatic heterocycles. The van der Waals surface area contributed by atoms with Crippen LogP contribution in [0.5, 0.6) is 0 Å². The number of hydrogen-bond donors (Lipinski definition) is 2. The van der Waals surface area contributed by atoms with Gasteiger partial charge in [-0.05, 0) is 32.0 Å². The monoisotopic (exact) mass is 397 g/mol. The van der Waals surface area contributed by atoms with Crippen LogP contribution in [-0.2, 0) is 12.0 Å². The molecule has 0 aliphatic rings. The number of aliphatic hydroxyl groups is 1. The molecule has 7 nitrogen and oxygen atoms in total. The molecule has 28 heavy (non-hydrogen) atoms. The summed E-state index contributed by atoms with van der Waals surface area (Å²) >= 11 is 0. The molecular formula is C18H22F3N5O2. The van der Waals surface area contributed by atoms with Crippen LogP contribution in [0.15, 0.2) is 30.6 Å². The maximum atomic E-state index is 12.6. The fraction of sp³-hybridized carbons (Fsp3) is 0.444. The van der Waals surface area contributed by atoms with Crippen LogP contribution in [0.1, 0.15) is 35.6 Å². The van der Waals surface area contributed by atoms with Gasteiger partial charge < -0.3 is 15.3 Å². The fourth-order valence-corrected chi connectivity index (χ4v) is 2.38. The second kappa shape index (κ2) is 8.51. The molecule has 10 heteroatoms. The van der Waals surface area contributed by atoms with E-state index in [2.05, 4.69) is 20.3 Å². The lowest BCUT2D eigenvalue weighted by molar-refractivity contribution is -0.127. The minimum absolute atomic E-state index is 0.109. The summed E-state index contributed by atoms with van der Waals surface area (Å²) in [5.74, 6) is -0.278. The maximum absolute atomic E-state index is 12.6. The van der Waals surface area contributed by atoms with Crippen LogP contribution in [0.2, 0.25) is 0 Å². The lowest BCUT2D eigenvalue weighted by atomic mass is 10.1. The lowest BCUT2D eigenvalue weighted by Gasteiger charge is -2.21. The standard InChI is InChI=1S/C18H22F3N5O2/c1-17(2,28)14-6-8-24-16(25-14)26(3)10-9-23-15(27)12-5-4-7-22-13(12)11-18(19,20)21/h4-8,28H,9-11H2,1-3H3,(H,23,27). The Morgan fingerprint density at radius 3 is 2.57 bits per heavy atom. The van der Waals surface area contributed by atoms with E-state index >= 15 is 0 Å². The molecule has 0 unspecified atom stereocenters. The van der Waals surface area contributed by atoms with Crippen molar-refractivity contribution in [2.45, 2.75) is 32.0 Å². The Bertz CT molecular complexity index is 821. The number of amides is 1. The molecule has 2 aromatic rings. The van der Waals surface area contributed by atoms with Crippen LogP contribution in [0.3, 0.4) is 0 Å². The Morgan fingerprint density at radius 1 is 1.21 bits per heavy atom. The quantitative estimate of drug-likeness (QED) is 0.743. The first kappa shape index (κ1) is 21.5. The zero-order valence-corrected chi connectivity index (χ0v) is 15.8. The van der Waals surface area contributed by atoms with Crippen LogP contribution >= 0.6 is 0 Å². The van der Waals surface area contributed by atoms with Gasteiger partial charge in [0.1, 0.15) is 5.60 Å². The molecule has 2 heterocycles. The van der Waals surface area contributed by atoms with Crippen molar-refractivity contribution in [2.24, 2.45) is 0 Å². The summed E-state index contributed by atoms with van der Waals surface area (Å²) in [6.07, 6.45) is -2.98. The molecule has 2 aromatic heterocycles. The van der Waals surface area contributed by atoms with Crippen molar-refractivity contribution >= 4 is 11.9 Å². The summed E-state index contributed by atoms with van der Waals surface area (Å²) < 4.78 is 37.9. The zero-order valence-electron chi connectivity index (χ0n) is 15.8. The van der Waals surface area contributed by atoms with Gasteiger partial charge >= 0.3 is 6.18 Å². The van der Waals surface area contributed by atoms with Gasteiger partial charge in [0.05, 0.1) is 23.4 Å². The van der Waals surface area contributed by atoms with E-state index in [0.29, 0.717) is 18.2 Å². The first-order valence-corrected chi connectivity index (χ1v) is 8.53. The first-order valence-electron chi connectivity index (χ1n) is 8.53. The third-order valence-corrected chi connectivity index (χ3v) is 3.85. The Kier molecular flexibility index (Phi) is 6.55. The normalized spacial score (nSPS) is 12.0. The number of carbonyl (C=O) groups is 1. The highest BCUT2D eigenvalue weighted by molar-refractivity contribution is 5.95. The SMILES string of the molecule is CN(CCNC(=O)c1cccnc1CC(F)(F)F)c1nccc(C(C)(C)O)n1. The van der Waals surface area contributed by atoms with Crippen LogP contribution in [-0.4, -0.2) is 52.3 Å². The smallest absolute Gasteiger partial charge is 0.384 e. The Morgan fingerprint density at radius 2 is 1.93 bits per heavy atom. The number of nitrogens with zero attached hydrogens (tertiary/aromatic N) is 4. The number of pyridine rings is 1. The molecule has 2 rings (SSSR count). The van der Waals surface area contributed by atoms with Gasteiger partial charge in [0.15, 0.2) is 0 Å². The molecule has 152 valence electrons. The number of carbonyl (C=O) groups excluding carboxylic acids is 1. The van der Waals surface area contributed by atoms with Crippen molar-refractivity contribution < 1.29 is 23.1 Å². The second-order valence-electron chi connectivity index (χ2n) is 6.77. The average molecular weight is 397 g/mol. The molecule has 0 saturated carbocycles. The van der Waals surface area contributed by atoms with Crippen molar-refractivity contribution in [1.29, 1.82) is 0 Å². The summed E-state index contributed by atoms with van der Waals surface area (Å²) in [5.41, 5.74) is -1.10. The van der Waals surface area contributed by atoms with Crippen LogP contribution < -0.4 is 10.2 Å². The predicted octanol–water partition coefficient (Wildman–Crippen LogP) is 2.07. The van der Waals surface area contributed by atoms with Crippen LogP contribution in [0.4, 0.5) is 19.1 Å². The van der Waals surface area contributed by atoms with Crippen molar-refractivity contribution in [3.63, 3.8) is 0 Å². The van der Waals surface area contributed by atoms with E-state index in [9.17, 15) is 23.1 Å². The highest BCUT2D eigenvalue weighted by Gasteiger charge is 2.30. The Balaban J connectivity index is 1.98. The minimum atomic E-state index is -4.45. The molecule has 1 amide bonds. The summed E-state index contributed by atoms with van der Waals surface area (Å²) in [5, 5.41) is 12.6. The summed E-state index contributed by atoms with van der Waals surface area (Å²) in [7, 11) is 1.70. The molecule has 0 aromatic carbocycles. The molecule has 0 aliphatic carbocycles. The number of aromatic nitrogens is 3. The zero-order chi connectivity index (χ0) is 20.9. The number of hydrogen-bond acceptors (Lipinski definition) is 6. The van der Waals surface area contributed by atoms with Gasteiger partial charge in [-0.15, -0.1) is 0 Å². The first-order chi connectivity index (χ1) is 13.0. The van der Waals surface area contributed by atoms with Gasteiger partial charge in [-0.25, -0.2) is 9.97 Å². The molecule has 0 radical (unpaired) electrons. The Labute approximate surface area is 160 Å². The summed E-state index contributed by atoms with van der Waals surface area (Å²) in [6, 6.07) is 4.32. The third-order valence-electron chi connectivity index (χ3n) is 3.85. The van der Waals surface area contributed by atoms with Gasteiger partial charge in [0.25, 0.3) is 5.91 Å². The maximum Gasteiger partial charge on any atom is 0.394 e. The van der Waals surface area contributed by atoms with Crippen LogP contribution in [0, 0.1) is 0 Å². The number of anilines is 1. The molecule has 0 saturated heterocycles. The predicted molar refractivity (Wildman–Crippen MR) is 96.9 cm³/mol. The van der Waals surface area contributed by atoms with E-state index in [1.165, 1.54) is 24.5 Å². The van der Waals surface area contributed by atoms with E-state index in [4.69, 9.17) is 0 Å². The minimum Gasteiger partial charge on any atom is -0.384 e. The molecule has 2 N–H and O–H groups in total. The third kappa shape index (κ3) is 6.15. The number of nitrogens with one attached hydrogen (secondary N) is 1. The van der Waals surface area contributed by atoms with E-state index in [1.807, 2.05) is 0 Å². The fourth-order valence-electron chi connectivity index (χ4n) is 2.38. The highest BCUT2D eigenvalue weighted by Crippen LogP contribution is 2.22.